The van der Waals surface area contributed by atoms with E-state index in [1.807, 2.05) is 0 Å². The van der Waals surface area contributed by atoms with Gasteiger partial charge in [-0.25, -0.2) is 4.79 Å². The lowest BCUT2D eigenvalue weighted by Gasteiger charge is -2.14. The van der Waals surface area contributed by atoms with Crippen LogP contribution in [-0.4, -0.2) is 13.3 Å². The number of hydrogen-bond acceptors (Lipinski definition) is 5. The summed E-state index contributed by atoms with van der Waals surface area (Å²) in [6.45, 7) is 0. The Hall–Kier alpha value is -3.00. The first-order valence-corrected chi connectivity index (χ1v) is 7.79. The average molecular weight is 399 g/mol. The van der Waals surface area contributed by atoms with Gasteiger partial charge in [0, 0.05) is 16.7 Å². The Morgan fingerprint density at radius 2 is 1.85 bits per heavy atom. The van der Waals surface area contributed by atoms with E-state index >= 15 is 0 Å². The van der Waals surface area contributed by atoms with Crippen LogP contribution in [0.5, 0.6) is 5.75 Å². The molecule has 3 rings (SSSR count). The van der Waals surface area contributed by atoms with Crippen LogP contribution in [0.4, 0.5) is 18.0 Å². The van der Waals surface area contributed by atoms with Crippen molar-refractivity contribution in [3.63, 3.8) is 0 Å². The molecule has 5 nitrogen and oxygen atoms in total. The number of alkyl halides is 3. The second-order valence-corrected chi connectivity index (χ2v) is 5.73. The molecule has 0 aliphatic rings. The SMILES string of the molecule is COC(=O)Oc1ccc2c(=O)c(-c3ccccc3Cl)c(C(F)(F)F)oc2c1. The molecule has 0 saturated carbocycles. The molecule has 0 atom stereocenters. The summed E-state index contributed by atoms with van der Waals surface area (Å²) in [6.07, 6.45) is -6.03. The maximum atomic E-state index is 13.6. The van der Waals surface area contributed by atoms with Crippen LogP contribution in [0.25, 0.3) is 22.1 Å². The number of fused-ring (bicyclic) bond motifs is 1. The fourth-order valence-corrected chi connectivity index (χ4v) is 2.71. The molecule has 0 N–H and O–H groups in total. The van der Waals surface area contributed by atoms with E-state index in [1.54, 1.807) is 0 Å². The number of carbonyl (C=O) groups excluding carboxylic acids is 1. The minimum atomic E-state index is -4.96. The molecule has 3 aromatic rings. The molecule has 0 aliphatic heterocycles. The van der Waals surface area contributed by atoms with E-state index in [0.717, 1.165) is 13.2 Å². The van der Waals surface area contributed by atoms with Gasteiger partial charge in [-0.1, -0.05) is 29.8 Å². The molecular formula is C18H10ClF3O5. The van der Waals surface area contributed by atoms with Gasteiger partial charge in [0.1, 0.15) is 11.3 Å². The summed E-state index contributed by atoms with van der Waals surface area (Å²) in [7, 11) is 1.07. The number of hydrogen-bond donors (Lipinski definition) is 0. The zero-order valence-electron chi connectivity index (χ0n) is 13.6. The van der Waals surface area contributed by atoms with Crippen molar-refractivity contribution in [1.29, 1.82) is 0 Å². The topological polar surface area (TPSA) is 65.7 Å². The molecular weight excluding hydrogens is 389 g/mol. The molecule has 2 aromatic carbocycles. The lowest BCUT2D eigenvalue weighted by Crippen LogP contribution is -2.16. The highest BCUT2D eigenvalue weighted by atomic mass is 35.5. The average Bonchev–Trinajstić information content (AvgIpc) is 2.61. The fourth-order valence-electron chi connectivity index (χ4n) is 2.48. The monoisotopic (exact) mass is 398 g/mol. The molecule has 0 aliphatic carbocycles. The Morgan fingerprint density at radius 3 is 2.48 bits per heavy atom. The van der Waals surface area contributed by atoms with Crippen LogP contribution in [0, 0.1) is 0 Å². The summed E-state index contributed by atoms with van der Waals surface area (Å²) in [5, 5.41) is -0.157. The van der Waals surface area contributed by atoms with Gasteiger partial charge in [-0.2, -0.15) is 13.2 Å². The van der Waals surface area contributed by atoms with E-state index in [4.69, 9.17) is 20.8 Å². The third kappa shape index (κ3) is 3.61. The van der Waals surface area contributed by atoms with Gasteiger partial charge in [0.15, 0.2) is 0 Å². The summed E-state index contributed by atoms with van der Waals surface area (Å²) in [4.78, 5) is 23.9. The highest BCUT2D eigenvalue weighted by molar-refractivity contribution is 6.33. The van der Waals surface area contributed by atoms with E-state index in [-0.39, 0.29) is 21.7 Å². The van der Waals surface area contributed by atoms with E-state index in [1.165, 1.54) is 36.4 Å². The van der Waals surface area contributed by atoms with Gasteiger partial charge in [0.2, 0.25) is 11.2 Å². The molecule has 0 amide bonds. The summed E-state index contributed by atoms with van der Waals surface area (Å²) >= 11 is 5.98. The zero-order valence-corrected chi connectivity index (χ0v) is 14.4. The molecule has 0 spiro atoms. The molecule has 0 fully saturated rings. The van der Waals surface area contributed by atoms with E-state index < -0.39 is 34.7 Å². The number of carbonyl (C=O) groups is 1. The lowest BCUT2D eigenvalue weighted by atomic mass is 10.0. The third-order valence-corrected chi connectivity index (χ3v) is 3.96. The number of halogens is 4. The summed E-state index contributed by atoms with van der Waals surface area (Å²) in [6, 6.07) is 9.08. The largest absolute Gasteiger partial charge is 0.513 e. The summed E-state index contributed by atoms with van der Waals surface area (Å²) in [5.74, 6) is -1.64. The van der Waals surface area contributed by atoms with Crippen molar-refractivity contribution in [2.24, 2.45) is 0 Å². The highest BCUT2D eigenvalue weighted by Gasteiger charge is 2.39. The summed E-state index contributed by atoms with van der Waals surface area (Å²) < 4.78 is 54.7. The molecule has 0 bridgehead atoms. The minimum Gasteiger partial charge on any atom is -0.450 e. The van der Waals surface area contributed by atoms with E-state index in [0.29, 0.717) is 0 Å². The second kappa shape index (κ2) is 6.96. The molecule has 9 heteroatoms. The van der Waals surface area contributed by atoms with Gasteiger partial charge in [-0.3, -0.25) is 4.79 Å². The van der Waals surface area contributed by atoms with Crippen LogP contribution in [0.2, 0.25) is 5.02 Å². The van der Waals surface area contributed by atoms with Crippen LogP contribution in [-0.2, 0) is 10.9 Å². The number of rotatable bonds is 2. The van der Waals surface area contributed by atoms with Gasteiger partial charge < -0.3 is 13.9 Å². The van der Waals surface area contributed by atoms with Gasteiger partial charge >= 0.3 is 12.3 Å². The smallest absolute Gasteiger partial charge is 0.450 e. The Balaban J connectivity index is 2.32. The van der Waals surface area contributed by atoms with Crippen molar-refractivity contribution >= 4 is 28.7 Å². The van der Waals surface area contributed by atoms with Crippen LogP contribution in [0.1, 0.15) is 5.76 Å². The maximum absolute atomic E-state index is 13.6. The first-order chi connectivity index (χ1) is 12.7. The molecule has 1 aromatic heterocycles. The van der Waals surface area contributed by atoms with Crippen molar-refractivity contribution in [1.82, 2.24) is 0 Å². The fraction of sp³-hybridized carbons (Fsp3) is 0.111. The Labute approximate surface area is 154 Å². The number of benzene rings is 2. The summed E-state index contributed by atoms with van der Waals surface area (Å²) in [5.41, 5.74) is -2.11. The Kier molecular flexibility index (Phi) is 4.84. The Morgan fingerprint density at radius 1 is 1.15 bits per heavy atom. The molecule has 27 heavy (non-hydrogen) atoms. The maximum Gasteiger partial charge on any atom is 0.513 e. The first-order valence-electron chi connectivity index (χ1n) is 7.41. The van der Waals surface area contributed by atoms with Gasteiger partial charge in [-0.05, 0) is 18.2 Å². The van der Waals surface area contributed by atoms with Crippen molar-refractivity contribution in [3.05, 3.63) is 63.5 Å². The quantitative estimate of drug-likeness (QED) is 0.434. The Bertz CT molecular complexity index is 1090. The predicted molar refractivity (Wildman–Crippen MR) is 91.0 cm³/mol. The molecule has 0 radical (unpaired) electrons. The van der Waals surface area contributed by atoms with Crippen LogP contribution >= 0.6 is 11.6 Å². The van der Waals surface area contributed by atoms with Crippen LogP contribution < -0.4 is 10.2 Å². The third-order valence-electron chi connectivity index (χ3n) is 3.63. The van der Waals surface area contributed by atoms with Gasteiger partial charge in [0.25, 0.3) is 0 Å². The van der Waals surface area contributed by atoms with Crippen LogP contribution in [0.3, 0.4) is 0 Å². The predicted octanol–water partition coefficient (Wildman–Crippen LogP) is 5.28. The standard InChI is InChI=1S/C18H10ClF3O5/c1-25-17(24)26-9-6-7-11-13(8-9)27-16(18(20,21)22)14(15(11)23)10-4-2-3-5-12(10)19/h2-8H,1H3. The number of ether oxygens (including phenoxy) is 2. The van der Waals surface area contributed by atoms with Gasteiger partial charge in [0.05, 0.1) is 18.1 Å². The highest BCUT2D eigenvalue weighted by Crippen LogP contribution is 2.39. The molecule has 140 valence electrons. The normalized spacial score (nSPS) is 11.4. The van der Waals surface area contributed by atoms with Crippen LogP contribution in [0.15, 0.2) is 51.7 Å². The first kappa shape index (κ1) is 18.8. The van der Waals surface area contributed by atoms with Crippen molar-refractivity contribution in [2.45, 2.75) is 6.18 Å². The minimum absolute atomic E-state index is 0.0275. The zero-order chi connectivity index (χ0) is 19.8. The van der Waals surface area contributed by atoms with Crippen molar-refractivity contribution < 1.29 is 31.9 Å². The van der Waals surface area contributed by atoms with E-state index in [2.05, 4.69) is 4.74 Å². The van der Waals surface area contributed by atoms with Crippen molar-refractivity contribution in [2.75, 3.05) is 7.11 Å². The molecule has 1 heterocycles. The molecule has 0 unspecified atom stereocenters. The van der Waals surface area contributed by atoms with Gasteiger partial charge in [-0.15, -0.1) is 0 Å². The molecule has 0 saturated heterocycles. The van der Waals surface area contributed by atoms with E-state index in [9.17, 15) is 22.8 Å². The second-order valence-electron chi connectivity index (χ2n) is 5.33. The van der Waals surface area contributed by atoms with Crippen molar-refractivity contribution in [3.8, 4) is 16.9 Å². The number of methoxy groups -OCH3 is 1. The lowest BCUT2D eigenvalue weighted by molar-refractivity contribution is -0.152.